The normalized spacial score (nSPS) is 18.2. The Morgan fingerprint density at radius 1 is 1.37 bits per heavy atom. The van der Waals surface area contributed by atoms with E-state index in [4.69, 9.17) is 16.0 Å². The molecule has 0 aliphatic carbocycles. The van der Waals surface area contributed by atoms with E-state index in [0.717, 1.165) is 24.5 Å². The summed E-state index contributed by atoms with van der Waals surface area (Å²) >= 11 is 5.99. The minimum Gasteiger partial charge on any atom is -0.408 e. The van der Waals surface area contributed by atoms with Crippen molar-refractivity contribution in [3.8, 4) is 0 Å². The molecular weight excluding hydrogens is 264 g/mol. The molecule has 102 valence electrons. The van der Waals surface area contributed by atoms with E-state index in [0.29, 0.717) is 17.3 Å². The van der Waals surface area contributed by atoms with Gasteiger partial charge < -0.3 is 4.42 Å². The zero-order valence-electron chi connectivity index (χ0n) is 10.9. The third-order valence-electron chi connectivity index (χ3n) is 3.85. The Kier molecular flexibility index (Phi) is 3.37. The molecule has 0 bridgehead atoms. The summed E-state index contributed by atoms with van der Waals surface area (Å²) in [6.07, 6.45) is 2.37. The Hall–Kier alpha value is -1.26. The highest BCUT2D eigenvalue weighted by molar-refractivity contribution is 6.31. The first-order chi connectivity index (χ1) is 9.13. The lowest BCUT2D eigenvalue weighted by Gasteiger charge is -2.29. The van der Waals surface area contributed by atoms with Gasteiger partial charge in [0.25, 0.3) is 0 Å². The largest absolute Gasteiger partial charge is 0.421 e. The molecule has 2 aromatic rings. The van der Waals surface area contributed by atoms with Crippen molar-refractivity contribution in [2.45, 2.75) is 26.4 Å². The maximum atomic E-state index is 11.9. The molecule has 1 saturated heterocycles. The lowest BCUT2D eigenvalue weighted by atomic mass is 10.00. The van der Waals surface area contributed by atoms with Crippen LogP contribution in [0.25, 0.3) is 11.1 Å². The summed E-state index contributed by atoms with van der Waals surface area (Å²) < 4.78 is 6.90. The molecule has 0 radical (unpaired) electrons. The fourth-order valence-electron chi connectivity index (χ4n) is 2.57. The van der Waals surface area contributed by atoms with Crippen molar-refractivity contribution in [3.05, 3.63) is 33.8 Å². The van der Waals surface area contributed by atoms with Gasteiger partial charge in [-0.05, 0) is 37.0 Å². The van der Waals surface area contributed by atoms with Gasteiger partial charge in [0.2, 0.25) is 0 Å². The van der Waals surface area contributed by atoms with Crippen molar-refractivity contribution in [2.75, 3.05) is 13.1 Å². The number of fused-ring (bicyclic) bond motifs is 1. The highest BCUT2D eigenvalue weighted by Gasteiger charge is 2.18. The monoisotopic (exact) mass is 280 g/mol. The topological polar surface area (TPSA) is 38.4 Å². The second-order valence-electron chi connectivity index (χ2n) is 5.35. The van der Waals surface area contributed by atoms with Crippen LogP contribution in [0.15, 0.2) is 27.4 Å². The molecule has 3 rings (SSSR count). The number of hydrogen-bond donors (Lipinski definition) is 0. The first-order valence-corrected chi connectivity index (χ1v) is 7.02. The Labute approximate surface area is 116 Å². The van der Waals surface area contributed by atoms with Crippen LogP contribution < -0.4 is 5.76 Å². The van der Waals surface area contributed by atoms with Gasteiger partial charge in [-0.15, -0.1) is 0 Å². The van der Waals surface area contributed by atoms with E-state index >= 15 is 0 Å². The zero-order chi connectivity index (χ0) is 13.4. The Morgan fingerprint density at radius 2 is 2.11 bits per heavy atom. The van der Waals surface area contributed by atoms with Crippen molar-refractivity contribution in [3.63, 3.8) is 0 Å². The van der Waals surface area contributed by atoms with E-state index in [9.17, 15) is 4.79 Å². The molecule has 0 N–H and O–H groups in total. The van der Waals surface area contributed by atoms with Crippen molar-refractivity contribution in [1.29, 1.82) is 0 Å². The first kappa shape index (κ1) is 12.8. The molecule has 0 unspecified atom stereocenters. The van der Waals surface area contributed by atoms with E-state index in [1.165, 1.54) is 12.8 Å². The van der Waals surface area contributed by atoms with Gasteiger partial charge in [0.05, 0.1) is 12.2 Å². The average molecular weight is 281 g/mol. The van der Waals surface area contributed by atoms with Crippen molar-refractivity contribution < 1.29 is 4.42 Å². The van der Waals surface area contributed by atoms with Gasteiger partial charge in [0.1, 0.15) is 0 Å². The molecule has 2 heterocycles. The maximum absolute atomic E-state index is 11.9. The number of halogens is 1. The molecule has 1 aliphatic heterocycles. The minimum absolute atomic E-state index is 0.309. The summed E-state index contributed by atoms with van der Waals surface area (Å²) in [6, 6.07) is 5.27. The van der Waals surface area contributed by atoms with Gasteiger partial charge in [-0.2, -0.15) is 0 Å². The highest BCUT2D eigenvalue weighted by atomic mass is 35.5. The molecule has 0 atom stereocenters. The fourth-order valence-corrected chi connectivity index (χ4v) is 2.74. The molecule has 0 amide bonds. The number of rotatable bonds is 2. The van der Waals surface area contributed by atoms with Crippen LogP contribution >= 0.6 is 11.6 Å². The third-order valence-corrected chi connectivity index (χ3v) is 4.08. The lowest BCUT2D eigenvalue weighted by molar-refractivity contribution is 0.152. The van der Waals surface area contributed by atoms with Crippen molar-refractivity contribution in [2.24, 2.45) is 5.92 Å². The Morgan fingerprint density at radius 3 is 2.84 bits per heavy atom. The van der Waals surface area contributed by atoms with E-state index < -0.39 is 0 Å². The summed E-state index contributed by atoms with van der Waals surface area (Å²) in [5.41, 5.74) is 1.37. The van der Waals surface area contributed by atoms with Crippen LogP contribution in [0.2, 0.25) is 5.02 Å². The van der Waals surface area contributed by atoms with Crippen LogP contribution in [0.3, 0.4) is 0 Å². The standard InChI is InChI=1S/C14H17ClN2O2/c1-10-4-6-16(7-5-10)9-17-12-8-11(15)2-3-13(12)19-14(17)18/h2-3,8,10H,4-7,9H2,1H3. The number of benzene rings is 1. The second-order valence-corrected chi connectivity index (χ2v) is 5.79. The highest BCUT2D eigenvalue weighted by Crippen LogP contribution is 2.20. The van der Waals surface area contributed by atoms with Gasteiger partial charge >= 0.3 is 5.76 Å². The van der Waals surface area contributed by atoms with Gasteiger partial charge in [0.15, 0.2) is 5.58 Å². The van der Waals surface area contributed by atoms with E-state index in [-0.39, 0.29) is 5.76 Å². The zero-order valence-corrected chi connectivity index (χ0v) is 11.7. The molecule has 0 saturated carbocycles. The van der Waals surface area contributed by atoms with Crippen LogP contribution in [0, 0.1) is 5.92 Å². The number of hydrogen-bond acceptors (Lipinski definition) is 3. The van der Waals surface area contributed by atoms with Crippen molar-refractivity contribution >= 4 is 22.7 Å². The van der Waals surface area contributed by atoms with E-state index in [1.54, 1.807) is 22.8 Å². The average Bonchev–Trinajstić information content (AvgIpc) is 2.69. The van der Waals surface area contributed by atoms with Gasteiger partial charge in [0, 0.05) is 18.1 Å². The molecule has 1 aromatic heterocycles. The van der Waals surface area contributed by atoms with Crippen molar-refractivity contribution in [1.82, 2.24) is 9.47 Å². The lowest BCUT2D eigenvalue weighted by Crippen LogP contribution is -2.36. The minimum atomic E-state index is -0.309. The molecule has 5 heteroatoms. The van der Waals surface area contributed by atoms with Crippen LogP contribution in [0.1, 0.15) is 19.8 Å². The Balaban J connectivity index is 1.90. The molecule has 1 aromatic carbocycles. The molecule has 0 spiro atoms. The van der Waals surface area contributed by atoms with Crippen LogP contribution in [0.5, 0.6) is 0 Å². The van der Waals surface area contributed by atoms with Gasteiger partial charge in [-0.1, -0.05) is 18.5 Å². The predicted octanol–water partition coefficient (Wildman–Crippen LogP) is 2.94. The number of nitrogens with zero attached hydrogens (tertiary/aromatic N) is 2. The smallest absolute Gasteiger partial charge is 0.408 e. The fraction of sp³-hybridized carbons (Fsp3) is 0.500. The molecule has 1 fully saturated rings. The SMILES string of the molecule is CC1CCN(Cn2c(=O)oc3ccc(Cl)cc32)CC1. The van der Waals surface area contributed by atoms with Gasteiger partial charge in [-0.3, -0.25) is 9.47 Å². The van der Waals surface area contributed by atoms with Crippen LogP contribution in [-0.4, -0.2) is 22.6 Å². The van der Waals surface area contributed by atoms with Crippen LogP contribution in [0.4, 0.5) is 0 Å². The van der Waals surface area contributed by atoms with Gasteiger partial charge in [-0.25, -0.2) is 4.79 Å². The Bertz CT molecular complexity index is 638. The molecule has 19 heavy (non-hydrogen) atoms. The van der Waals surface area contributed by atoms with E-state index in [2.05, 4.69) is 11.8 Å². The molecular formula is C14H17ClN2O2. The summed E-state index contributed by atoms with van der Waals surface area (Å²) in [4.78, 5) is 14.2. The first-order valence-electron chi connectivity index (χ1n) is 6.65. The number of likely N-dealkylation sites (tertiary alicyclic amines) is 1. The maximum Gasteiger partial charge on any atom is 0.421 e. The summed E-state index contributed by atoms with van der Waals surface area (Å²) in [5.74, 6) is 0.472. The number of aromatic nitrogens is 1. The quantitative estimate of drug-likeness (QED) is 0.849. The second kappa shape index (κ2) is 5.02. The number of oxazole rings is 1. The van der Waals surface area contributed by atoms with Crippen LogP contribution in [-0.2, 0) is 6.67 Å². The summed E-state index contributed by atoms with van der Waals surface area (Å²) in [5, 5.41) is 0.620. The van der Waals surface area contributed by atoms with E-state index in [1.807, 2.05) is 0 Å². The third kappa shape index (κ3) is 2.55. The molecule has 4 nitrogen and oxygen atoms in total. The predicted molar refractivity (Wildman–Crippen MR) is 75.5 cm³/mol. The summed E-state index contributed by atoms with van der Waals surface area (Å²) in [7, 11) is 0. The summed E-state index contributed by atoms with van der Waals surface area (Å²) in [6.45, 7) is 4.91. The number of piperidine rings is 1. The molecule has 1 aliphatic rings.